The largest absolute Gasteiger partial charge is 0.394 e. The summed E-state index contributed by atoms with van der Waals surface area (Å²) < 4.78 is 0. The van der Waals surface area contributed by atoms with Crippen molar-refractivity contribution in [2.75, 3.05) is 6.61 Å². The molecule has 0 aliphatic rings. The van der Waals surface area contributed by atoms with Crippen molar-refractivity contribution in [3.8, 4) is 0 Å². The Morgan fingerprint density at radius 3 is 2.95 bits per heavy atom. The molecular formula is C14H15ClN2O2. The van der Waals surface area contributed by atoms with E-state index in [0.717, 1.165) is 10.9 Å². The zero-order chi connectivity index (χ0) is 13.8. The number of halogens is 1. The first-order valence-electron chi connectivity index (χ1n) is 6.11. The molecule has 0 aliphatic carbocycles. The third kappa shape index (κ3) is 3.22. The number of hydrogen-bond acceptors (Lipinski definition) is 3. The average molecular weight is 279 g/mol. The first kappa shape index (κ1) is 13.8. The van der Waals surface area contributed by atoms with Gasteiger partial charge in [-0.05, 0) is 30.7 Å². The molecule has 0 fully saturated rings. The molecule has 1 aromatic carbocycles. The van der Waals surface area contributed by atoms with Crippen LogP contribution < -0.4 is 5.32 Å². The number of nitrogens with zero attached hydrogens (tertiary/aromatic N) is 1. The molecule has 0 spiro atoms. The molecule has 0 saturated carbocycles. The van der Waals surface area contributed by atoms with Gasteiger partial charge in [0.2, 0.25) is 0 Å². The summed E-state index contributed by atoms with van der Waals surface area (Å²) in [6.07, 6.45) is 2.20. The number of aliphatic hydroxyl groups excluding tert-OH is 1. The third-order valence-corrected chi connectivity index (χ3v) is 3.19. The van der Waals surface area contributed by atoms with Crippen LogP contribution in [0.5, 0.6) is 0 Å². The highest BCUT2D eigenvalue weighted by Gasteiger charge is 2.12. The van der Waals surface area contributed by atoms with E-state index in [1.54, 1.807) is 18.2 Å². The molecule has 2 rings (SSSR count). The van der Waals surface area contributed by atoms with E-state index in [9.17, 15) is 4.79 Å². The van der Waals surface area contributed by atoms with Crippen molar-refractivity contribution in [3.05, 3.63) is 41.0 Å². The van der Waals surface area contributed by atoms with E-state index in [1.807, 2.05) is 13.0 Å². The van der Waals surface area contributed by atoms with Crippen molar-refractivity contribution in [2.24, 2.45) is 0 Å². The van der Waals surface area contributed by atoms with Crippen LogP contribution in [0.15, 0.2) is 30.5 Å². The van der Waals surface area contributed by atoms with Crippen molar-refractivity contribution in [1.29, 1.82) is 0 Å². The minimum atomic E-state index is -0.240. The molecule has 0 aliphatic heterocycles. The molecule has 0 bridgehead atoms. The molecule has 5 heteroatoms. The molecule has 1 heterocycles. The summed E-state index contributed by atoms with van der Waals surface area (Å²) in [6.45, 7) is 1.83. The van der Waals surface area contributed by atoms with Crippen molar-refractivity contribution in [1.82, 2.24) is 10.3 Å². The number of hydrogen-bond donors (Lipinski definition) is 2. The van der Waals surface area contributed by atoms with Crippen LogP contribution in [0.4, 0.5) is 0 Å². The van der Waals surface area contributed by atoms with Crippen molar-refractivity contribution in [2.45, 2.75) is 19.4 Å². The van der Waals surface area contributed by atoms with E-state index in [4.69, 9.17) is 16.7 Å². The van der Waals surface area contributed by atoms with E-state index in [1.165, 1.54) is 6.20 Å². The molecule has 1 unspecified atom stereocenters. The number of rotatable bonds is 4. The molecule has 1 amide bonds. The SMILES string of the molecule is CCC(CO)NC(=O)c1cnc2ccc(Cl)cc2c1. The summed E-state index contributed by atoms with van der Waals surface area (Å²) in [6, 6.07) is 6.84. The average Bonchev–Trinajstić information content (AvgIpc) is 2.43. The summed E-state index contributed by atoms with van der Waals surface area (Å²) >= 11 is 5.92. The summed E-state index contributed by atoms with van der Waals surface area (Å²) in [5.41, 5.74) is 1.25. The molecule has 1 aromatic heterocycles. The Morgan fingerprint density at radius 1 is 1.47 bits per heavy atom. The van der Waals surface area contributed by atoms with Crippen LogP contribution in [0.25, 0.3) is 10.9 Å². The number of fused-ring (bicyclic) bond motifs is 1. The fourth-order valence-electron chi connectivity index (χ4n) is 1.77. The Morgan fingerprint density at radius 2 is 2.26 bits per heavy atom. The second-order valence-corrected chi connectivity index (χ2v) is 4.76. The Balaban J connectivity index is 2.27. The van der Waals surface area contributed by atoms with Crippen LogP contribution >= 0.6 is 11.6 Å². The van der Waals surface area contributed by atoms with Gasteiger partial charge < -0.3 is 10.4 Å². The zero-order valence-electron chi connectivity index (χ0n) is 10.6. The lowest BCUT2D eigenvalue weighted by molar-refractivity contribution is 0.0915. The lowest BCUT2D eigenvalue weighted by Crippen LogP contribution is -2.36. The number of amides is 1. The molecule has 1 atom stereocenters. The second-order valence-electron chi connectivity index (χ2n) is 4.32. The van der Waals surface area contributed by atoms with Crippen LogP contribution in [-0.4, -0.2) is 28.6 Å². The van der Waals surface area contributed by atoms with Crippen molar-refractivity contribution >= 4 is 28.4 Å². The predicted molar refractivity (Wildman–Crippen MR) is 75.4 cm³/mol. The smallest absolute Gasteiger partial charge is 0.253 e. The quantitative estimate of drug-likeness (QED) is 0.903. The van der Waals surface area contributed by atoms with Crippen LogP contribution in [0, 0.1) is 0 Å². The lowest BCUT2D eigenvalue weighted by atomic mass is 10.1. The number of nitrogens with one attached hydrogen (secondary N) is 1. The predicted octanol–water partition coefficient (Wildman–Crippen LogP) is 2.39. The maximum absolute atomic E-state index is 12.0. The van der Waals surface area contributed by atoms with Gasteiger partial charge in [-0.1, -0.05) is 18.5 Å². The Hall–Kier alpha value is -1.65. The topological polar surface area (TPSA) is 62.2 Å². The van der Waals surface area contributed by atoms with Crippen molar-refractivity contribution < 1.29 is 9.90 Å². The molecule has 100 valence electrons. The number of aliphatic hydroxyl groups is 1. The van der Waals surface area contributed by atoms with E-state index >= 15 is 0 Å². The summed E-state index contributed by atoms with van der Waals surface area (Å²) in [5, 5.41) is 13.3. The van der Waals surface area contributed by atoms with Gasteiger partial charge in [-0.25, -0.2) is 0 Å². The second kappa shape index (κ2) is 5.99. The highest BCUT2D eigenvalue weighted by Crippen LogP contribution is 2.18. The molecule has 19 heavy (non-hydrogen) atoms. The van der Waals surface area contributed by atoms with Gasteiger partial charge in [0.25, 0.3) is 5.91 Å². The molecule has 0 saturated heterocycles. The highest BCUT2D eigenvalue weighted by atomic mass is 35.5. The van der Waals surface area contributed by atoms with Crippen molar-refractivity contribution in [3.63, 3.8) is 0 Å². The van der Waals surface area contributed by atoms with Gasteiger partial charge in [0.1, 0.15) is 0 Å². The molecular weight excluding hydrogens is 264 g/mol. The fraction of sp³-hybridized carbons (Fsp3) is 0.286. The third-order valence-electron chi connectivity index (χ3n) is 2.95. The number of aromatic nitrogens is 1. The number of pyridine rings is 1. The van der Waals surface area contributed by atoms with Gasteiger partial charge in [-0.15, -0.1) is 0 Å². The van der Waals surface area contributed by atoms with Crippen LogP contribution in [0.3, 0.4) is 0 Å². The maximum atomic E-state index is 12.0. The van der Waals surface area contributed by atoms with Gasteiger partial charge in [-0.2, -0.15) is 0 Å². The Kier molecular flexibility index (Phi) is 4.35. The fourth-order valence-corrected chi connectivity index (χ4v) is 1.95. The van der Waals surface area contributed by atoms with Crippen LogP contribution in [0.1, 0.15) is 23.7 Å². The van der Waals surface area contributed by atoms with Gasteiger partial charge in [0.05, 0.1) is 23.7 Å². The Bertz CT molecular complexity index is 597. The number of benzene rings is 1. The van der Waals surface area contributed by atoms with Gasteiger partial charge in [-0.3, -0.25) is 9.78 Å². The first-order chi connectivity index (χ1) is 9.13. The lowest BCUT2D eigenvalue weighted by Gasteiger charge is -2.13. The standard InChI is InChI=1S/C14H15ClN2O2/c1-2-12(8-18)17-14(19)10-5-9-6-11(15)3-4-13(9)16-7-10/h3-7,12,18H,2,8H2,1H3,(H,17,19). The molecule has 4 nitrogen and oxygen atoms in total. The van der Waals surface area contributed by atoms with Gasteiger partial charge in [0.15, 0.2) is 0 Å². The monoisotopic (exact) mass is 278 g/mol. The van der Waals surface area contributed by atoms with E-state index in [0.29, 0.717) is 17.0 Å². The summed E-state index contributed by atoms with van der Waals surface area (Å²) in [7, 11) is 0. The zero-order valence-corrected chi connectivity index (χ0v) is 11.3. The maximum Gasteiger partial charge on any atom is 0.253 e. The normalized spacial score (nSPS) is 12.4. The van der Waals surface area contributed by atoms with Gasteiger partial charge >= 0.3 is 0 Å². The minimum Gasteiger partial charge on any atom is -0.394 e. The van der Waals surface area contributed by atoms with E-state index in [2.05, 4.69) is 10.3 Å². The number of carbonyl (C=O) groups is 1. The molecule has 2 aromatic rings. The molecule has 0 radical (unpaired) electrons. The van der Waals surface area contributed by atoms with E-state index < -0.39 is 0 Å². The van der Waals surface area contributed by atoms with Gasteiger partial charge in [0, 0.05) is 16.6 Å². The molecule has 2 N–H and O–H groups in total. The van der Waals surface area contributed by atoms with Crippen LogP contribution in [0.2, 0.25) is 5.02 Å². The van der Waals surface area contributed by atoms with E-state index in [-0.39, 0.29) is 18.6 Å². The summed E-state index contributed by atoms with van der Waals surface area (Å²) in [5.74, 6) is -0.240. The number of carbonyl (C=O) groups excluding carboxylic acids is 1. The Labute approximate surface area is 116 Å². The summed E-state index contributed by atoms with van der Waals surface area (Å²) in [4.78, 5) is 16.2. The highest BCUT2D eigenvalue weighted by molar-refractivity contribution is 6.31. The first-order valence-corrected chi connectivity index (χ1v) is 6.49. The minimum absolute atomic E-state index is 0.0743. The van der Waals surface area contributed by atoms with Crippen LogP contribution in [-0.2, 0) is 0 Å².